The Morgan fingerprint density at radius 1 is 1.05 bits per heavy atom. The number of carboxylic acid groups (broad SMARTS) is 1. The van der Waals surface area contributed by atoms with Crippen molar-refractivity contribution in [1.82, 2.24) is 0 Å². The van der Waals surface area contributed by atoms with Crippen LogP contribution in [-0.4, -0.2) is 11.1 Å². The Morgan fingerprint density at radius 3 is 2.40 bits per heavy atom. The zero-order valence-corrected chi connectivity index (χ0v) is 12.0. The van der Waals surface area contributed by atoms with Crippen LogP contribution in [0.15, 0.2) is 42.5 Å². The maximum Gasteiger partial charge on any atom is 0.303 e. The van der Waals surface area contributed by atoms with Gasteiger partial charge in [0.15, 0.2) is 0 Å². The lowest BCUT2D eigenvalue weighted by Gasteiger charge is -2.09. The molecular formula is C18H20O2. The van der Waals surface area contributed by atoms with Crippen LogP contribution in [0.3, 0.4) is 0 Å². The van der Waals surface area contributed by atoms with Gasteiger partial charge in [-0.3, -0.25) is 4.79 Å². The van der Waals surface area contributed by atoms with Gasteiger partial charge in [0.2, 0.25) is 0 Å². The van der Waals surface area contributed by atoms with E-state index in [4.69, 9.17) is 5.11 Å². The van der Waals surface area contributed by atoms with E-state index in [-0.39, 0.29) is 6.42 Å². The first-order valence-electron chi connectivity index (χ1n) is 6.95. The molecule has 0 saturated carbocycles. The number of benzene rings is 2. The average Bonchev–Trinajstić information content (AvgIpc) is 2.42. The van der Waals surface area contributed by atoms with E-state index in [0.717, 1.165) is 6.42 Å². The highest BCUT2D eigenvalue weighted by molar-refractivity contribution is 5.68. The van der Waals surface area contributed by atoms with Gasteiger partial charge in [-0.15, -0.1) is 0 Å². The first kappa shape index (κ1) is 14.3. The predicted octanol–water partition coefficient (Wildman–Crippen LogP) is 4.38. The molecule has 0 aromatic heterocycles. The lowest BCUT2D eigenvalue weighted by molar-refractivity contribution is -0.137. The Balaban J connectivity index is 2.12. The molecule has 104 valence electrons. The zero-order chi connectivity index (χ0) is 14.5. The molecule has 2 nitrogen and oxygen atoms in total. The van der Waals surface area contributed by atoms with E-state index < -0.39 is 5.97 Å². The quantitative estimate of drug-likeness (QED) is 0.873. The SMILES string of the molecule is Cc1cccc(-c2ccc(CCCC(=O)O)cc2)c1C. The fourth-order valence-electron chi connectivity index (χ4n) is 2.36. The molecule has 0 radical (unpaired) electrons. The van der Waals surface area contributed by atoms with Crippen molar-refractivity contribution in [1.29, 1.82) is 0 Å². The second-order valence-corrected chi connectivity index (χ2v) is 5.19. The summed E-state index contributed by atoms with van der Waals surface area (Å²) in [5.41, 5.74) is 6.29. The van der Waals surface area contributed by atoms with Crippen LogP contribution in [0.1, 0.15) is 29.5 Å². The van der Waals surface area contributed by atoms with Crippen LogP contribution < -0.4 is 0 Å². The van der Waals surface area contributed by atoms with Crippen molar-refractivity contribution < 1.29 is 9.90 Å². The lowest BCUT2D eigenvalue weighted by atomic mass is 9.96. The molecular weight excluding hydrogens is 248 g/mol. The standard InChI is InChI=1S/C18H20O2/c1-13-5-3-7-17(14(13)2)16-11-9-15(10-12-16)6-4-8-18(19)20/h3,5,7,9-12H,4,6,8H2,1-2H3,(H,19,20). The normalized spacial score (nSPS) is 10.5. The van der Waals surface area contributed by atoms with E-state index in [2.05, 4.69) is 56.3 Å². The molecule has 0 heterocycles. The van der Waals surface area contributed by atoms with E-state index in [1.54, 1.807) is 0 Å². The summed E-state index contributed by atoms with van der Waals surface area (Å²) < 4.78 is 0. The molecule has 2 aromatic rings. The van der Waals surface area contributed by atoms with Crippen molar-refractivity contribution in [3.63, 3.8) is 0 Å². The van der Waals surface area contributed by atoms with Gasteiger partial charge in [0.25, 0.3) is 0 Å². The second-order valence-electron chi connectivity index (χ2n) is 5.19. The van der Waals surface area contributed by atoms with Gasteiger partial charge in [0, 0.05) is 6.42 Å². The van der Waals surface area contributed by atoms with Crippen LogP contribution >= 0.6 is 0 Å². The van der Waals surface area contributed by atoms with Gasteiger partial charge in [0.05, 0.1) is 0 Å². The van der Waals surface area contributed by atoms with Gasteiger partial charge in [-0.2, -0.15) is 0 Å². The van der Waals surface area contributed by atoms with Gasteiger partial charge in [-0.25, -0.2) is 0 Å². The van der Waals surface area contributed by atoms with Crippen LogP contribution in [0.2, 0.25) is 0 Å². The number of carbonyl (C=O) groups is 1. The predicted molar refractivity (Wildman–Crippen MR) is 81.9 cm³/mol. The molecule has 0 aliphatic carbocycles. The summed E-state index contributed by atoms with van der Waals surface area (Å²) in [6, 6.07) is 14.8. The summed E-state index contributed by atoms with van der Waals surface area (Å²) >= 11 is 0. The van der Waals surface area contributed by atoms with E-state index in [1.807, 2.05) is 0 Å². The summed E-state index contributed by atoms with van der Waals surface area (Å²) in [5.74, 6) is -0.725. The number of carboxylic acids is 1. The third-order valence-corrected chi connectivity index (χ3v) is 3.73. The van der Waals surface area contributed by atoms with Gasteiger partial charge in [-0.1, -0.05) is 42.5 Å². The highest BCUT2D eigenvalue weighted by Gasteiger charge is 2.04. The Labute approximate surface area is 120 Å². The molecule has 20 heavy (non-hydrogen) atoms. The maximum absolute atomic E-state index is 10.5. The van der Waals surface area contributed by atoms with Crippen molar-refractivity contribution in [2.45, 2.75) is 33.1 Å². The first-order chi connectivity index (χ1) is 9.58. The fraction of sp³-hybridized carbons (Fsp3) is 0.278. The molecule has 0 aliphatic rings. The third kappa shape index (κ3) is 3.47. The minimum atomic E-state index is -0.725. The maximum atomic E-state index is 10.5. The molecule has 0 bridgehead atoms. The number of aryl methyl sites for hydroxylation is 2. The third-order valence-electron chi connectivity index (χ3n) is 3.73. The monoisotopic (exact) mass is 268 g/mol. The molecule has 1 N–H and O–H groups in total. The number of hydrogen-bond donors (Lipinski definition) is 1. The van der Waals surface area contributed by atoms with E-state index >= 15 is 0 Å². The van der Waals surface area contributed by atoms with Crippen molar-refractivity contribution in [3.8, 4) is 11.1 Å². The van der Waals surface area contributed by atoms with E-state index in [9.17, 15) is 4.79 Å². The largest absolute Gasteiger partial charge is 0.481 e. The Hall–Kier alpha value is -2.09. The second kappa shape index (κ2) is 6.38. The highest BCUT2D eigenvalue weighted by Crippen LogP contribution is 2.25. The molecule has 2 rings (SSSR count). The Morgan fingerprint density at radius 2 is 1.75 bits per heavy atom. The first-order valence-corrected chi connectivity index (χ1v) is 6.95. The van der Waals surface area contributed by atoms with Gasteiger partial charge >= 0.3 is 5.97 Å². The molecule has 0 aliphatic heterocycles. The summed E-state index contributed by atoms with van der Waals surface area (Å²) in [7, 11) is 0. The number of aliphatic carboxylic acids is 1. The summed E-state index contributed by atoms with van der Waals surface area (Å²) in [4.78, 5) is 10.5. The molecule has 0 saturated heterocycles. The number of hydrogen-bond acceptors (Lipinski definition) is 1. The van der Waals surface area contributed by atoms with Crippen molar-refractivity contribution in [2.24, 2.45) is 0 Å². The number of rotatable bonds is 5. The van der Waals surface area contributed by atoms with Crippen LogP contribution in [-0.2, 0) is 11.2 Å². The van der Waals surface area contributed by atoms with Crippen LogP contribution in [0.25, 0.3) is 11.1 Å². The van der Waals surface area contributed by atoms with Crippen LogP contribution in [0, 0.1) is 13.8 Å². The zero-order valence-electron chi connectivity index (χ0n) is 12.0. The molecule has 0 spiro atoms. The van der Waals surface area contributed by atoms with Crippen LogP contribution in [0.4, 0.5) is 0 Å². The van der Waals surface area contributed by atoms with Gasteiger partial charge in [0.1, 0.15) is 0 Å². The average molecular weight is 268 g/mol. The topological polar surface area (TPSA) is 37.3 Å². The Kier molecular flexibility index (Phi) is 4.57. The Bertz CT molecular complexity index is 597. The summed E-state index contributed by atoms with van der Waals surface area (Å²) in [6.45, 7) is 4.27. The van der Waals surface area contributed by atoms with Gasteiger partial charge in [-0.05, 0) is 54.5 Å². The molecule has 0 unspecified atom stereocenters. The van der Waals surface area contributed by atoms with Crippen molar-refractivity contribution in [3.05, 3.63) is 59.2 Å². The van der Waals surface area contributed by atoms with E-state index in [0.29, 0.717) is 6.42 Å². The van der Waals surface area contributed by atoms with E-state index in [1.165, 1.54) is 27.8 Å². The lowest BCUT2D eigenvalue weighted by Crippen LogP contribution is -1.95. The van der Waals surface area contributed by atoms with Crippen molar-refractivity contribution in [2.75, 3.05) is 0 Å². The summed E-state index contributed by atoms with van der Waals surface area (Å²) in [6.07, 6.45) is 1.75. The molecule has 0 atom stereocenters. The van der Waals surface area contributed by atoms with Crippen LogP contribution in [0.5, 0.6) is 0 Å². The summed E-state index contributed by atoms with van der Waals surface area (Å²) in [5, 5.41) is 8.64. The smallest absolute Gasteiger partial charge is 0.303 e. The van der Waals surface area contributed by atoms with Gasteiger partial charge < -0.3 is 5.11 Å². The highest BCUT2D eigenvalue weighted by atomic mass is 16.4. The molecule has 2 heteroatoms. The molecule has 2 aromatic carbocycles. The molecule has 0 amide bonds. The minimum Gasteiger partial charge on any atom is -0.481 e. The van der Waals surface area contributed by atoms with Crippen molar-refractivity contribution >= 4 is 5.97 Å². The fourth-order valence-corrected chi connectivity index (χ4v) is 2.36. The molecule has 0 fully saturated rings. The minimum absolute atomic E-state index is 0.235.